The molecule has 1 saturated heterocycles. The van der Waals surface area contributed by atoms with Crippen molar-refractivity contribution >= 4 is 29.1 Å². The number of carbonyl (C=O) groups excluding carboxylic acids is 2. The Balaban J connectivity index is 1.46. The van der Waals surface area contributed by atoms with E-state index < -0.39 is 5.92 Å². The summed E-state index contributed by atoms with van der Waals surface area (Å²) in [6, 6.07) is 14.7. The van der Waals surface area contributed by atoms with Crippen LogP contribution < -0.4 is 15.0 Å². The zero-order chi connectivity index (χ0) is 22.7. The van der Waals surface area contributed by atoms with Gasteiger partial charge >= 0.3 is 0 Å². The molecule has 1 fully saturated rings. The van der Waals surface area contributed by atoms with Gasteiger partial charge in [0, 0.05) is 18.0 Å². The third-order valence-corrected chi connectivity index (χ3v) is 5.90. The molecule has 0 radical (unpaired) electrons. The van der Waals surface area contributed by atoms with Crippen molar-refractivity contribution < 1.29 is 14.3 Å². The second kappa shape index (κ2) is 9.44. The van der Waals surface area contributed by atoms with Crippen LogP contribution in [0.1, 0.15) is 31.6 Å². The predicted octanol–water partition coefficient (Wildman–Crippen LogP) is 4.36. The summed E-state index contributed by atoms with van der Waals surface area (Å²) in [6.07, 6.45) is 2.57. The van der Waals surface area contributed by atoms with Gasteiger partial charge in [-0.25, -0.2) is 4.98 Å². The molecule has 32 heavy (non-hydrogen) atoms. The first-order valence-corrected chi connectivity index (χ1v) is 10.9. The summed E-state index contributed by atoms with van der Waals surface area (Å²) in [6.45, 7) is 2.25. The standard InChI is InChI=1S/C24H25ClN4O3/c1-3-18(23-26-13-19(27-23)15-7-5-4-6-8-15)28-24(31)16-11-22(30)29(14-16)20-12-17(25)9-10-21(20)32-2/h4-10,12-13,16,18H,3,11,14H2,1-2H3,(H,26,27)(H,28,31). The van der Waals surface area contributed by atoms with Crippen LogP contribution in [0.5, 0.6) is 5.75 Å². The van der Waals surface area contributed by atoms with Crippen LogP contribution in [0, 0.1) is 5.92 Å². The minimum Gasteiger partial charge on any atom is -0.495 e. The molecule has 3 aromatic rings. The number of amides is 2. The summed E-state index contributed by atoms with van der Waals surface area (Å²) in [5.74, 6) is 0.454. The molecule has 2 unspecified atom stereocenters. The van der Waals surface area contributed by atoms with Crippen molar-refractivity contribution in [1.82, 2.24) is 15.3 Å². The van der Waals surface area contributed by atoms with Crippen LogP contribution in [-0.2, 0) is 9.59 Å². The molecule has 166 valence electrons. The first kappa shape index (κ1) is 21.9. The van der Waals surface area contributed by atoms with Gasteiger partial charge in [0.15, 0.2) is 0 Å². The molecule has 0 spiro atoms. The molecule has 1 aliphatic heterocycles. The lowest BCUT2D eigenvalue weighted by molar-refractivity contribution is -0.127. The van der Waals surface area contributed by atoms with Crippen molar-refractivity contribution in [3.63, 3.8) is 0 Å². The van der Waals surface area contributed by atoms with E-state index in [1.165, 1.54) is 7.11 Å². The average Bonchev–Trinajstić information content (AvgIpc) is 3.45. The van der Waals surface area contributed by atoms with E-state index in [9.17, 15) is 9.59 Å². The van der Waals surface area contributed by atoms with Gasteiger partial charge in [-0.15, -0.1) is 0 Å². The highest BCUT2D eigenvalue weighted by molar-refractivity contribution is 6.31. The van der Waals surface area contributed by atoms with Crippen molar-refractivity contribution in [3.05, 3.63) is 65.6 Å². The van der Waals surface area contributed by atoms with Gasteiger partial charge in [0.25, 0.3) is 0 Å². The molecule has 2 heterocycles. The molecule has 2 atom stereocenters. The van der Waals surface area contributed by atoms with Crippen molar-refractivity contribution in [2.45, 2.75) is 25.8 Å². The van der Waals surface area contributed by atoms with Crippen LogP contribution in [-0.4, -0.2) is 35.4 Å². The summed E-state index contributed by atoms with van der Waals surface area (Å²) in [5, 5.41) is 3.55. The second-order valence-electron chi connectivity index (χ2n) is 7.74. The van der Waals surface area contributed by atoms with Gasteiger partial charge < -0.3 is 19.9 Å². The number of nitrogens with zero attached hydrogens (tertiary/aromatic N) is 2. The molecule has 0 bridgehead atoms. The van der Waals surface area contributed by atoms with Gasteiger partial charge in [-0.05, 0) is 30.2 Å². The molecule has 7 nitrogen and oxygen atoms in total. The number of rotatable bonds is 7. The molecule has 8 heteroatoms. The van der Waals surface area contributed by atoms with E-state index in [2.05, 4.69) is 15.3 Å². The number of anilines is 1. The molecule has 4 rings (SSSR count). The number of nitrogens with one attached hydrogen (secondary N) is 2. The fraction of sp³-hybridized carbons (Fsp3) is 0.292. The zero-order valence-electron chi connectivity index (χ0n) is 18.0. The van der Waals surface area contributed by atoms with Crippen LogP contribution in [0.3, 0.4) is 0 Å². The highest BCUT2D eigenvalue weighted by Gasteiger charge is 2.37. The Morgan fingerprint density at radius 3 is 2.81 bits per heavy atom. The van der Waals surface area contributed by atoms with Gasteiger partial charge in [0.2, 0.25) is 11.8 Å². The number of hydrogen-bond donors (Lipinski definition) is 2. The third kappa shape index (κ3) is 4.48. The first-order chi connectivity index (χ1) is 15.5. The highest BCUT2D eigenvalue weighted by Crippen LogP contribution is 2.35. The molecule has 2 aromatic carbocycles. The van der Waals surface area contributed by atoms with Gasteiger partial charge in [-0.2, -0.15) is 0 Å². The monoisotopic (exact) mass is 452 g/mol. The molecule has 2 N–H and O–H groups in total. The predicted molar refractivity (Wildman–Crippen MR) is 124 cm³/mol. The second-order valence-corrected chi connectivity index (χ2v) is 8.18. The summed E-state index contributed by atoms with van der Waals surface area (Å²) in [4.78, 5) is 35.0. The van der Waals surface area contributed by atoms with Crippen LogP contribution in [0.2, 0.25) is 5.02 Å². The number of aromatic nitrogens is 2. The SMILES string of the molecule is CCC(NC(=O)C1CC(=O)N(c2cc(Cl)ccc2OC)C1)c1ncc(-c2ccccc2)[nH]1. The van der Waals surface area contributed by atoms with E-state index in [-0.39, 0.29) is 30.8 Å². The fourth-order valence-electron chi connectivity index (χ4n) is 3.92. The lowest BCUT2D eigenvalue weighted by Gasteiger charge is -2.21. The van der Waals surface area contributed by atoms with E-state index in [0.29, 0.717) is 28.7 Å². The summed E-state index contributed by atoms with van der Waals surface area (Å²) in [7, 11) is 1.54. The minimum absolute atomic E-state index is 0.130. The Kier molecular flexibility index (Phi) is 6.46. The number of ether oxygens (including phenoxy) is 1. The van der Waals surface area contributed by atoms with Crippen molar-refractivity contribution in [2.75, 3.05) is 18.6 Å². The lowest BCUT2D eigenvalue weighted by Crippen LogP contribution is -2.35. The normalized spacial score (nSPS) is 16.8. The Bertz CT molecular complexity index is 1120. The zero-order valence-corrected chi connectivity index (χ0v) is 18.7. The molecule has 1 aromatic heterocycles. The molecule has 1 aliphatic rings. The number of hydrogen-bond acceptors (Lipinski definition) is 4. The summed E-state index contributed by atoms with van der Waals surface area (Å²) in [5.41, 5.74) is 2.49. The number of halogens is 1. The van der Waals surface area contributed by atoms with Crippen LogP contribution in [0.15, 0.2) is 54.7 Å². The smallest absolute Gasteiger partial charge is 0.227 e. The Morgan fingerprint density at radius 2 is 2.09 bits per heavy atom. The Labute approximate surface area is 191 Å². The summed E-state index contributed by atoms with van der Waals surface area (Å²) >= 11 is 6.12. The number of imidazole rings is 1. The number of H-pyrrole nitrogens is 1. The van der Waals surface area contributed by atoms with Crippen molar-refractivity contribution in [1.29, 1.82) is 0 Å². The molecule has 0 aliphatic carbocycles. The van der Waals surface area contributed by atoms with E-state index in [1.54, 1.807) is 29.3 Å². The maximum Gasteiger partial charge on any atom is 0.227 e. The van der Waals surface area contributed by atoms with Crippen LogP contribution >= 0.6 is 11.6 Å². The Hall–Kier alpha value is -3.32. The van der Waals surface area contributed by atoms with E-state index in [1.807, 2.05) is 37.3 Å². The maximum atomic E-state index is 13.0. The summed E-state index contributed by atoms with van der Waals surface area (Å²) < 4.78 is 5.37. The highest BCUT2D eigenvalue weighted by atomic mass is 35.5. The third-order valence-electron chi connectivity index (χ3n) is 5.66. The molecular weight excluding hydrogens is 428 g/mol. The van der Waals surface area contributed by atoms with Gasteiger partial charge in [-0.3, -0.25) is 9.59 Å². The van der Waals surface area contributed by atoms with Gasteiger partial charge in [-0.1, -0.05) is 48.9 Å². The van der Waals surface area contributed by atoms with Gasteiger partial charge in [0.1, 0.15) is 11.6 Å². The first-order valence-electron chi connectivity index (χ1n) is 10.5. The Morgan fingerprint density at radius 1 is 1.31 bits per heavy atom. The number of carbonyl (C=O) groups is 2. The van der Waals surface area contributed by atoms with Gasteiger partial charge in [0.05, 0.1) is 36.6 Å². The largest absolute Gasteiger partial charge is 0.495 e. The minimum atomic E-state index is -0.469. The number of benzene rings is 2. The number of aromatic amines is 1. The van der Waals surface area contributed by atoms with Crippen molar-refractivity contribution in [2.24, 2.45) is 5.92 Å². The fourth-order valence-corrected chi connectivity index (χ4v) is 4.09. The van der Waals surface area contributed by atoms with E-state index in [0.717, 1.165) is 11.3 Å². The van der Waals surface area contributed by atoms with Crippen LogP contribution in [0.25, 0.3) is 11.3 Å². The molecular formula is C24H25ClN4O3. The number of methoxy groups -OCH3 is 1. The maximum absolute atomic E-state index is 13.0. The van der Waals surface area contributed by atoms with E-state index in [4.69, 9.17) is 16.3 Å². The topological polar surface area (TPSA) is 87.3 Å². The lowest BCUT2D eigenvalue weighted by atomic mass is 10.1. The quantitative estimate of drug-likeness (QED) is 0.557. The molecule has 2 amide bonds. The molecule has 0 saturated carbocycles. The van der Waals surface area contributed by atoms with Crippen LogP contribution in [0.4, 0.5) is 5.69 Å². The average molecular weight is 453 g/mol. The van der Waals surface area contributed by atoms with E-state index >= 15 is 0 Å². The van der Waals surface area contributed by atoms with Crippen molar-refractivity contribution in [3.8, 4) is 17.0 Å².